The predicted octanol–water partition coefficient (Wildman–Crippen LogP) is 4.24. The number of hydrogen-bond acceptors (Lipinski definition) is 3. The molecule has 3 nitrogen and oxygen atoms in total. The smallest absolute Gasteiger partial charge is 0.127 e. The zero-order chi connectivity index (χ0) is 14.7. The summed E-state index contributed by atoms with van der Waals surface area (Å²) in [5.74, 6) is 1.65. The van der Waals surface area contributed by atoms with E-state index >= 15 is 0 Å². The summed E-state index contributed by atoms with van der Waals surface area (Å²) in [6.07, 6.45) is 0. The van der Waals surface area contributed by atoms with Gasteiger partial charge in [-0.1, -0.05) is 22.0 Å². The molecule has 2 N–H and O–H groups in total. The first kappa shape index (κ1) is 14.7. The second-order valence-corrected chi connectivity index (χ2v) is 5.59. The lowest BCUT2D eigenvalue weighted by Gasteiger charge is -2.15. The van der Waals surface area contributed by atoms with Gasteiger partial charge in [0, 0.05) is 21.3 Å². The summed E-state index contributed by atoms with van der Waals surface area (Å²) in [6, 6.07) is 9.73. The van der Waals surface area contributed by atoms with Gasteiger partial charge in [-0.15, -0.1) is 0 Å². The van der Waals surface area contributed by atoms with Crippen molar-refractivity contribution in [3.8, 4) is 11.5 Å². The van der Waals surface area contributed by atoms with Crippen LogP contribution in [0.5, 0.6) is 11.5 Å². The van der Waals surface area contributed by atoms with E-state index in [0.29, 0.717) is 6.61 Å². The number of ether oxygens (including phenoxy) is 2. The van der Waals surface area contributed by atoms with Crippen molar-refractivity contribution in [2.45, 2.75) is 20.5 Å². The molecule has 0 radical (unpaired) electrons. The van der Waals surface area contributed by atoms with Crippen molar-refractivity contribution >= 4 is 21.6 Å². The Morgan fingerprint density at radius 1 is 1.15 bits per heavy atom. The molecule has 0 heterocycles. The second kappa shape index (κ2) is 6.18. The molecule has 0 aromatic heterocycles. The predicted molar refractivity (Wildman–Crippen MR) is 85.4 cm³/mol. The number of benzene rings is 2. The molecule has 0 atom stereocenters. The third kappa shape index (κ3) is 3.07. The van der Waals surface area contributed by atoms with E-state index in [4.69, 9.17) is 15.2 Å². The number of rotatable bonds is 4. The fraction of sp³-hybridized carbons (Fsp3) is 0.250. The van der Waals surface area contributed by atoms with Gasteiger partial charge < -0.3 is 15.2 Å². The summed E-state index contributed by atoms with van der Waals surface area (Å²) in [7, 11) is 1.66. The fourth-order valence-corrected chi connectivity index (χ4v) is 2.48. The standard InChI is InChI=1S/C16H18BrNO2/c1-10-4-6-14(18)11(2)16(10)20-9-12-8-13(17)5-7-15(12)19-3/h4-8H,9,18H2,1-3H3. The Balaban J connectivity index is 2.25. The van der Waals surface area contributed by atoms with E-state index in [0.717, 1.165) is 38.3 Å². The van der Waals surface area contributed by atoms with E-state index in [9.17, 15) is 0 Å². The zero-order valence-electron chi connectivity index (χ0n) is 11.9. The van der Waals surface area contributed by atoms with Crippen LogP contribution in [-0.4, -0.2) is 7.11 Å². The Labute approximate surface area is 127 Å². The molecule has 4 heteroatoms. The minimum atomic E-state index is 0.438. The molecule has 0 unspecified atom stereocenters. The van der Waals surface area contributed by atoms with Crippen molar-refractivity contribution in [2.75, 3.05) is 12.8 Å². The average molecular weight is 336 g/mol. The third-order valence-corrected chi connectivity index (χ3v) is 3.75. The van der Waals surface area contributed by atoms with Gasteiger partial charge in [0.05, 0.1) is 7.11 Å². The van der Waals surface area contributed by atoms with Crippen molar-refractivity contribution in [1.82, 2.24) is 0 Å². The molecule has 0 saturated heterocycles. The highest BCUT2D eigenvalue weighted by Crippen LogP contribution is 2.30. The monoisotopic (exact) mass is 335 g/mol. The molecule has 0 spiro atoms. The Kier molecular flexibility index (Phi) is 4.55. The van der Waals surface area contributed by atoms with Crippen molar-refractivity contribution in [3.05, 3.63) is 51.5 Å². The number of aryl methyl sites for hydroxylation is 1. The number of nitrogen functional groups attached to an aromatic ring is 1. The van der Waals surface area contributed by atoms with Gasteiger partial charge in [0.2, 0.25) is 0 Å². The highest BCUT2D eigenvalue weighted by molar-refractivity contribution is 9.10. The molecule has 2 rings (SSSR count). The van der Waals surface area contributed by atoms with E-state index < -0.39 is 0 Å². The van der Waals surface area contributed by atoms with Crippen molar-refractivity contribution in [2.24, 2.45) is 0 Å². The molecule has 0 aliphatic carbocycles. The molecule has 0 aliphatic heterocycles. The summed E-state index contributed by atoms with van der Waals surface area (Å²) in [5, 5.41) is 0. The number of nitrogens with two attached hydrogens (primary N) is 1. The first-order valence-electron chi connectivity index (χ1n) is 6.34. The van der Waals surface area contributed by atoms with E-state index in [1.165, 1.54) is 0 Å². The van der Waals surface area contributed by atoms with Crippen LogP contribution in [0.3, 0.4) is 0 Å². The first-order chi connectivity index (χ1) is 9.52. The molecular formula is C16H18BrNO2. The van der Waals surface area contributed by atoms with E-state index in [-0.39, 0.29) is 0 Å². The van der Waals surface area contributed by atoms with E-state index in [1.807, 2.05) is 44.2 Å². The van der Waals surface area contributed by atoms with Crippen molar-refractivity contribution < 1.29 is 9.47 Å². The topological polar surface area (TPSA) is 44.5 Å². The summed E-state index contributed by atoms with van der Waals surface area (Å²) >= 11 is 3.46. The largest absolute Gasteiger partial charge is 0.496 e. The fourth-order valence-electron chi connectivity index (χ4n) is 2.07. The van der Waals surface area contributed by atoms with Gasteiger partial charge in [-0.05, 0) is 43.7 Å². The Bertz CT molecular complexity index is 626. The Morgan fingerprint density at radius 2 is 1.90 bits per heavy atom. The minimum Gasteiger partial charge on any atom is -0.496 e. The normalized spacial score (nSPS) is 10.4. The third-order valence-electron chi connectivity index (χ3n) is 3.26. The van der Waals surface area contributed by atoms with Crippen LogP contribution < -0.4 is 15.2 Å². The van der Waals surface area contributed by atoms with Crippen LogP contribution in [0, 0.1) is 13.8 Å². The maximum absolute atomic E-state index is 5.95. The molecule has 0 saturated carbocycles. The number of halogens is 1. The maximum Gasteiger partial charge on any atom is 0.127 e. The summed E-state index contributed by atoms with van der Waals surface area (Å²) < 4.78 is 12.3. The van der Waals surface area contributed by atoms with Gasteiger partial charge in [-0.25, -0.2) is 0 Å². The van der Waals surface area contributed by atoms with E-state index in [1.54, 1.807) is 7.11 Å². The van der Waals surface area contributed by atoms with Crippen LogP contribution in [0.15, 0.2) is 34.8 Å². The molecule has 2 aromatic rings. The summed E-state index contributed by atoms with van der Waals surface area (Å²) in [4.78, 5) is 0. The van der Waals surface area contributed by atoms with Crippen LogP contribution >= 0.6 is 15.9 Å². The van der Waals surface area contributed by atoms with Crippen LogP contribution in [0.25, 0.3) is 0 Å². The average Bonchev–Trinajstić information content (AvgIpc) is 2.43. The molecular weight excluding hydrogens is 318 g/mol. The van der Waals surface area contributed by atoms with Gasteiger partial charge in [-0.2, -0.15) is 0 Å². The van der Waals surface area contributed by atoms with Gasteiger partial charge in [0.15, 0.2) is 0 Å². The second-order valence-electron chi connectivity index (χ2n) is 4.67. The van der Waals surface area contributed by atoms with Crippen LogP contribution in [0.1, 0.15) is 16.7 Å². The molecule has 0 fully saturated rings. The van der Waals surface area contributed by atoms with Gasteiger partial charge in [-0.3, -0.25) is 0 Å². The molecule has 0 amide bonds. The van der Waals surface area contributed by atoms with Crippen LogP contribution in [0.4, 0.5) is 5.69 Å². The highest BCUT2D eigenvalue weighted by atomic mass is 79.9. The lowest BCUT2D eigenvalue weighted by Crippen LogP contribution is -2.03. The molecule has 20 heavy (non-hydrogen) atoms. The highest BCUT2D eigenvalue weighted by Gasteiger charge is 2.09. The molecule has 0 aliphatic rings. The van der Waals surface area contributed by atoms with Gasteiger partial charge in [0.1, 0.15) is 18.1 Å². The number of hydrogen-bond donors (Lipinski definition) is 1. The van der Waals surface area contributed by atoms with Crippen LogP contribution in [0.2, 0.25) is 0 Å². The number of methoxy groups -OCH3 is 1. The molecule has 2 aromatic carbocycles. The minimum absolute atomic E-state index is 0.438. The molecule has 0 bridgehead atoms. The zero-order valence-corrected chi connectivity index (χ0v) is 13.5. The van der Waals surface area contributed by atoms with Crippen molar-refractivity contribution in [1.29, 1.82) is 0 Å². The summed E-state index contributed by atoms with van der Waals surface area (Å²) in [5.41, 5.74) is 9.70. The molecule has 106 valence electrons. The lowest BCUT2D eigenvalue weighted by molar-refractivity contribution is 0.293. The Hall–Kier alpha value is -1.68. The van der Waals surface area contributed by atoms with Crippen LogP contribution in [-0.2, 0) is 6.61 Å². The van der Waals surface area contributed by atoms with Gasteiger partial charge in [0.25, 0.3) is 0 Å². The summed E-state index contributed by atoms with van der Waals surface area (Å²) in [6.45, 7) is 4.42. The number of anilines is 1. The van der Waals surface area contributed by atoms with Crippen molar-refractivity contribution in [3.63, 3.8) is 0 Å². The first-order valence-corrected chi connectivity index (χ1v) is 7.13. The van der Waals surface area contributed by atoms with E-state index in [2.05, 4.69) is 15.9 Å². The maximum atomic E-state index is 5.95. The SMILES string of the molecule is COc1ccc(Br)cc1COc1c(C)ccc(N)c1C. The van der Waals surface area contributed by atoms with Gasteiger partial charge >= 0.3 is 0 Å². The quantitative estimate of drug-likeness (QED) is 0.850. The lowest BCUT2D eigenvalue weighted by atomic mass is 10.1. The Morgan fingerprint density at radius 3 is 2.60 bits per heavy atom.